The number of thiophene rings is 1. The molecule has 2 aromatic rings. The second-order valence-corrected chi connectivity index (χ2v) is 6.21. The quantitative estimate of drug-likeness (QED) is 0.774. The third-order valence-corrected chi connectivity index (χ3v) is 3.83. The van der Waals surface area contributed by atoms with Crippen LogP contribution in [0.3, 0.4) is 0 Å². The van der Waals surface area contributed by atoms with E-state index in [1.54, 1.807) is 11.3 Å². The van der Waals surface area contributed by atoms with Crippen LogP contribution in [0.1, 0.15) is 32.1 Å². The van der Waals surface area contributed by atoms with Gasteiger partial charge in [0.1, 0.15) is 0 Å². The van der Waals surface area contributed by atoms with Crippen molar-refractivity contribution in [3.63, 3.8) is 0 Å². The Balaban J connectivity index is 2.24. The van der Waals surface area contributed by atoms with Crippen LogP contribution in [-0.4, -0.2) is 27.6 Å². The number of anilines is 1. The fourth-order valence-corrected chi connectivity index (χ4v) is 2.61. The zero-order chi connectivity index (χ0) is 15.2. The van der Waals surface area contributed by atoms with Crippen molar-refractivity contribution in [2.45, 2.75) is 39.8 Å². The maximum atomic E-state index is 5.99. The van der Waals surface area contributed by atoms with Gasteiger partial charge in [-0.15, -0.1) is 11.3 Å². The lowest BCUT2D eigenvalue weighted by Crippen LogP contribution is -2.31. The highest BCUT2D eigenvalue weighted by Crippen LogP contribution is 2.21. The molecule has 2 rings (SSSR count). The second-order valence-electron chi connectivity index (χ2n) is 4.84. The van der Waals surface area contributed by atoms with Crippen LogP contribution in [0.4, 0.5) is 5.95 Å². The molecule has 0 radical (unpaired) electrons. The number of hydrogen-bond acceptors (Lipinski definition) is 6. The van der Waals surface area contributed by atoms with Gasteiger partial charge in [0, 0.05) is 10.9 Å². The van der Waals surface area contributed by atoms with E-state index in [9.17, 15) is 0 Å². The van der Waals surface area contributed by atoms with Gasteiger partial charge in [0.05, 0.1) is 13.2 Å². The Morgan fingerprint density at radius 1 is 1.33 bits per heavy atom. The van der Waals surface area contributed by atoms with Crippen LogP contribution in [0.2, 0.25) is 5.28 Å². The molecular formula is C14H19ClN4OS. The second kappa shape index (κ2) is 7.56. The maximum absolute atomic E-state index is 5.99. The summed E-state index contributed by atoms with van der Waals surface area (Å²) in [5, 5.41) is 2.22. The highest BCUT2D eigenvalue weighted by atomic mass is 35.5. The van der Waals surface area contributed by atoms with Crippen molar-refractivity contribution in [1.29, 1.82) is 0 Å². The van der Waals surface area contributed by atoms with Crippen molar-refractivity contribution in [1.82, 2.24) is 15.0 Å². The van der Waals surface area contributed by atoms with E-state index in [0.29, 0.717) is 12.6 Å². The van der Waals surface area contributed by atoms with Gasteiger partial charge in [0.15, 0.2) is 0 Å². The van der Waals surface area contributed by atoms with Gasteiger partial charge >= 0.3 is 6.01 Å². The molecule has 0 spiro atoms. The number of ether oxygens (including phenoxy) is 1. The molecule has 0 atom stereocenters. The number of halogens is 1. The average molecular weight is 327 g/mol. The van der Waals surface area contributed by atoms with Crippen LogP contribution in [0.5, 0.6) is 6.01 Å². The van der Waals surface area contributed by atoms with E-state index in [0.717, 1.165) is 13.0 Å². The first-order valence-electron chi connectivity index (χ1n) is 6.93. The van der Waals surface area contributed by atoms with Gasteiger partial charge in [-0.3, -0.25) is 0 Å². The van der Waals surface area contributed by atoms with Crippen molar-refractivity contribution in [2.24, 2.45) is 0 Å². The molecule has 0 aromatic carbocycles. The molecule has 0 aliphatic rings. The van der Waals surface area contributed by atoms with Gasteiger partial charge in [-0.2, -0.15) is 15.0 Å². The van der Waals surface area contributed by atoms with E-state index in [2.05, 4.69) is 45.1 Å². The molecule has 21 heavy (non-hydrogen) atoms. The predicted molar refractivity (Wildman–Crippen MR) is 86.3 cm³/mol. The molecule has 2 aromatic heterocycles. The molecule has 0 fully saturated rings. The maximum Gasteiger partial charge on any atom is 0.322 e. The van der Waals surface area contributed by atoms with E-state index in [1.165, 1.54) is 4.88 Å². The van der Waals surface area contributed by atoms with E-state index < -0.39 is 0 Å². The summed E-state index contributed by atoms with van der Waals surface area (Å²) in [4.78, 5) is 15.9. The molecule has 0 unspecified atom stereocenters. The Kier molecular flexibility index (Phi) is 5.76. The van der Waals surface area contributed by atoms with E-state index in [-0.39, 0.29) is 17.3 Å². The van der Waals surface area contributed by atoms with E-state index in [4.69, 9.17) is 16.3 Å². The van der Waals surface area contributed by atoms with Crippen molar-refractivity contribution in [2.75, 3.05) is 11.5 Å². The fraction of sp³-hybridized carbons (Fsp3) is 0.500. The van der Waals surface area contributed by atoms with Crippen molar-refractivity contribution in [3.8, 4) is 6.01 Å². The Labute approximate surface area is 134 Å². The summed E-state index contributed by atoms with van der Waals surface area (Å²) in [6.45, 7) is 7.52. The molecule has 0 bridgehead atoms. The summed E-state index contributed by atoms with van der Waals surface area (Å²) in [6.07, 6.45) is 0.891. The standard InChI is InChI=1S/C14H19ClN4OS/c1-4-7-20-14-17-12(15)16-13(18-14)19(10(2)3)9-11-6-5-8-21-11/h5-6,8,10H,4,7,9H2,1-3H3. The van der Waals surface area contributed by atoms with Crippen molar-refractivity contribution < 1.29 is 4.74 Å². The average Bonchev–Trinajstić information content (AvgIpc) is 2.94. The van der Waals surface area contributed by atoms with Gasteiger partial charge in [0.25, 0.3) is 0 Å². The van der Waals surface area contributed by atoms with E-state index in [1.807, 2.05) is 13.0 Å². The Bertz CT molecular complexity index is 562. The van der Waals surface area contributed by atoms with Crippen molar-refractivity contribution in [3.05, 3.63) is 27.7 Å². The molecular weight excluding hydrogens is 308 g/mol. The molecule has 0 aliphatic heterocycles. The first-order valence-corrected chi connectivity index (χ1v) is 8.19. The van der Waals surface area contributed by atoms with Crippen LogP contribution >= 0.6 is 22.9 Å². The lowest BCUT2D eigenvalue weighted by atomic mass is 10.3. The van der Waals surface area contributed by atoms with Crippen LogP contribution < -0.4 is 9.64 Å². The lowest BCUT2D eigenvalue weighted by molar-refractivity contribution is 0.291. The fourth-order valence-electron chi connectivity index (χ4n) is 1.76. The molecule has 7 heteroatoms. The predicted octanol–water partition coefficient (Wildman–Crippen LogP) is 3.79. The summed E-state index contributed by atoms with van der Waals surface area (Å²) in [7, 11) is 0. The summed E-state index contributed by atoms with van der Waals surface area (Å²) in [6, 6.07) is 4.65. The summed E-state index contributed by atoms with van der Waals surface area (Å²) < 4.78 is 5.47. The van der Waals surface area contributed by atoms with Gasteiger partial charge in [-0.1, -0.05) is 13.0 Å². The zero-order valence-corrected chi connectivity index (χ0v) is 14.0. The minimum atomic E-state index is 0.155. The summed E-state index contributed by atoms with van der Waals surface area (Å²) in [5.74, 6) is 0.546. The SMILES string of the molecule is CCCOc1nc(Cl)nc(N(Cc2cccs2)C(C)C)n1. The van der Waals surface area contributed by atoms with Crippen LogP contribution in [0.25, 0.3) is 0 Å². The Hall–Kier alpha value is -1.40. The number of aromatic nitrogens is 3. The number of hydrogen-bond donors (Lipinski definition) is 0. The third-order valence-electron chi connectivity index (χ3n) is 2.80. The first-order chi connectivity index (χ1) is 10.1. The third kappa shape index (κ3) is 4.54. The number of rotatable bonds is 7. The first kappa shape index (κ1) is 16.0. The topological polar surface area (TPSA) is 51.1 Å². The summed E-state index contributed by atoms with van der Waals surface area (Å²) >= 11 is 7.70. The van der Waals surface area contributed by atoms with Crippen LogP contribution in [-0.2, 0) is 6.54 Å². The van der Waals surface area contributed by atoms with Gasteiger partial charge < -0.3 is 9.64 Å². The highest BCUT2D eigenvalue weighted by Gasteiger charge is 2.17. The van der Waals surface area contributed by atoms with Gasteiger partial charge in [-0.25, -0.2) is 0 Å². The zero-order valence-electron chi connectivity index (χ0n) is 12.4. The lowest BCUT2D eigenvalue weighted by Gasteiger charge is -2.26. The largest absolute Gasteiger partial charge is 0.463 e. The summed E-state index contributed by atoms with van der Waals surface area (Å²) in [5.41, 5.74) is 0. The molecule has 0 saturated heterocycles. The van der Waals surface area contributed by atoms with Crippen LogP contribution in [0.15, 0.2) is 17.5 Å². The molecule has 0 amide bonds. The molecule has 2 heterocycles. The van der Waals surface area contributed by atoms with Crippen molar-refractivity contribution >= 4 is 28.9 Å². The molecule has 0 N–H and O–H groups in total. The molecule has 0 saturated carbocycles. The molecule has 114 valence electrons. The molecule has 5 nitrogen and oxygen atoms in total. The number of nitrogens with zero attached hydrogens (tertiary/aromatic N) is 4. The molecule has 0 aliphatic carbocycles. The van der Waals surface area contributed by atoms with Crippen LogP contribution in [0, 0.1) is 0 Å². The normalized spacial score (nSPS) is 10.9. The van der Waals surface area contributed by atoms with Gasteiger partial charge in [-0.05, 0) is 43.3 Å². The van der Waals surface area contributed by atoms with E-state index >= 15 is 0 Å². The highest BCUT2D eigenvalue weighted by molar-refractivity contribution is 7.09. The minimum Gasteiger partial charge on any atom is -0.463 e. The Morgan fingerprint density at radius 2 is 2.14 bits per heavy atom. The Morgan fingerprint density at radius 3 is 2.76 bits per heavy atom. The van der Waals surface area contributed by atoms with Gasteiger partial charge in [0.2, 0.25) is 11.2 Å². The smallest absolute Gasteiger partial charge is 0.322 e. The monoisotopic (exact) mass is 326 g/mol. The minimum absolute atomic E-state index is 0.155.